The van der Waals surface area contributed by atoms with Crippen LogP contribution >= 0.6 is 11.3 Å². The van der Waals surface area contributed by atoms with Crippen molar-refractivity contribution in [1.82, 2.24) is 24.4 Å². The molecule has 3 aromatic heterocycles. The van der Waals surface area contributed by atoms with Gasteiger partial charge in [-0.15, -0.1) is 5.10 Å². The molecule has 0 spiro atoms. The van der Waals surface area contributed by atoms with E-state index in [0.717, 1.165) is 57.1 Å². The number of para-hydroxylation sites is 1. The van der Waals surface area contributed by atoms with Gasteiger partial charge in [-0.2, -0.15) is 14.6 Å². The van der Waals surface area contributed by atoms with Crippen molar-refractivity contribution in [2.24, 2.45) is 0 Å². The van der Waals surface area contributed by atoms with Crippen LogP contribution in [0.3, 0.4) is 0 Å². The van der Waals surface area contributed by atoms with E-state index >= 15 is 0 Å². The van der Waals surface area contributed by atoms with Crippen molar-refractivity contribution in [3.63, 3.8) is 0 Å². The molecule has 0 atom stereocenters. The van der Waals surface area contributed by atoms with E-state index in [9.17, 15) is 4.79 Å². The van der Waals surface area contributed by atoms with Gasteiger partial charge in [0.15, 0.2) is 5.82 Å². The molecular weight excluding hydrogens is 595 g/mol. The minimum Gasteiger partial charge on any atom is -0.494 e. The summed E-state index contributed by atoms with van der Waals surface area (Å²) < 4.78 is 15.5. The molecule has 0 bridgehead atoms. The Balaban J connectivity index is 1.23. The van der Waals surface area contributed by atoms with Crippen LogP contribution in [0.1, 0.15) is 30.0 Å². The second kappa shape index (κ2) is 12.8. The van der Waals surface area contributed by atoms with Crippen molar-refractivity contribution in [1.29, 1.82) is 0 Å². The highest BCUT2D eigenvalue weighted by molar-refractivity contribution is 7.15. The summed E-state index contributed by atoms with van der Waals surface area (Å²) in [5.41, 5.74) is 6.11. The molecule has 0 saturated carbocycles. The van der Waals surface area contributed by atoms with Crippen molar-refractivity contribution < 1.29 is 9.47 Å². The molecule has 0 aliphatic rings. The second-order valence-corrected chi connectivity index (χ2v) is 11.9. The number of rotatable bonds is 10. The average Bonchev–Trinajstić information content (AvgIpc) is 3.79. The van der Waals surface area contributed by atoms with Crippen LogP contribution in [-0.2, 0) is 6.61 Å². The van der Waals surface area contributed by atoms with E-state index in [4.69, 9.17) is 14.6 Å². The van der Waals surface area contributed by atoms with E-state index in [1.165, 1.54) is 15.9 Å². The molecular formula is C37H31N5O3S. The summed E-state index contributed by atoms with van der Waals surface area (Å²) in [6, 6.07) is 33.7. The fourth-order valence-electron chi connectivity index (χ4n) is 5.14. The molecule has 228 valence electrons. The first-order valence-electron chi connectivity index (χ1n) is 15.1. The number of benzene rings is 4. The quantitative estimate of drug-likeness (QED) is 0.165. The van der Waals surface area contributed by atoms with Crippen molar-refractivity contribution in [2.45, 2.75) is 26.9 Å². The summed E-state index contributed by atoms with van der Waals surface area (Å²) in [6.45, 7) is 5.25. The average molecular weight is 626 g/mol. The second-order valence-electron chi connectivity index (χ2n) is 10.9. The van der Waals surface area contributed by atoms with Crippen molar-refractivity contribution in [3.05, 3.63) is 141 Å². The van der Waals surface area contributed by atoms with E-state index in [1.807, 2.05) is 121 Å². The number of hydrogen-bond acceptors (Lipinski definition) is 7. The number of hydrogen-bond donors (Lipinski definition) is 0. The van der Waals surface area contributed by atoms with Gasteiger partial charge in [-0.3, -0.25) is 4.79 Å². The molecule has 0 unspecified atom stereocenters. The molecule has 0 N–H and O–H groups in total. The first-order chi connectivity index (χ1) is 22.6. The van der Waals surface area contributed by atoms with E-state index in [1.54, 1.807) is 0 Å². The lowest BCUT2D eigenvalue weighted by Crippen LogP contribution is -2.23. The maximum atomic E-state index is 13.5. The van der Waals surface area contributed by atoms with Gasteiger partial charge in [-0.1, -0.05) is 66.8 Å². The molecule has 46 heavy (non-hydrogen) atoms. The van der Waals surface area contributed by atoms with Crippen molar-refractivity contribution >= 4 is 22.4 Å². The predicted molar refractivity (Wildman–Crippen MR) is 182 cm³/mol. The summed E-state index contributed by atoms with van der Waals surface area (Å²) in [5, 5.41) is 9.50. The minimum atomic E-state index is -0.221. The fourth-order valence-corrected chi connectivity index (χ4v) is 6.04. The number of aryl methyl sites for hydroxylation is 1. The number of fused-ring (bicyclic) bond motifs is 1. The summed E-state index contributed by atoms with van der Waals surface area (Å²) in [4.78, 5) is 18.7. The highest BCUT2D eigenvalue weighted by Gasteiger charge is 2.16. The van der Waals surface area contributed by atoms with Gasteiger partial charge in [0, 0.05) is 22.9 Å². The summed E-state index contributed by atoms with van der Waals surface area (Å²) in [6.07, 6.45) is 4.76. The van der Waals surface area contributed by atoms with Gasteiger partial charge in [-0.05, 0) is 85.1 Å². The zero-order chi connectivity index (χ0) is 31.5. The van der Waals surface area contributed by atoms with Crippen molar-refractivity contribution in [2.75, 3.05) is 6.61 Å². The van der Waals surface area contributed by atoms with Gasteiger partial charge in [0.1, 0.15) is 23.8 Å². The Morgan fingerprint density at radius 3 is 2.30 bits per heavy atom. The zero-order valence-corrected chi connectivity index (χ0v) is 26.3. The van der Waals surface area contributed by atoms with E-state index in [2.05, 4.69) is 23.1 Å². The van der Waals surface area contributed by atoms with E-state index in [-0.39, 0.29) is 5.56 Å². The molecule has 7 aromatic rings. The Morgan fingerprint density at radius 2 is 1.59 bits per heavy atom. The molecule has 4 aromatic carbocycles. The Bertz CT molecular complexity index is 2220. The lowest BCUT2D eigenvalue weighted by atomic mass is 10.0. The molecule has 9 heteroatoms. The summed E-state index contributed by atoms with van der Waals surface area (Å²) in [5.74, 6) is 2.11. The lowest BCUT2D eigenvalue weighted by Gasteiger charge is -2.10. The Kier molecular flexibility index (Phi) is 8.14. The first-order valence-corrected chi connectivity index (χ1v) is 15.9. The molecule has 7 rings (SSSR count). The highest BCUT2D eigenvalue weighted by atomic mass is 32.1. The van der Waals surface area contributed by atoms with Crippen LogP contribution in [0.5, 0.6) is 11.5 Å². The fraction of sp³-hybridized carbons (Fsp3) is 0.135. The molecule has 0 amide bonds. The zero-order valence-electron chi connectivity index (χ0n) is 25.5. The molecule has 0 aliphatic heterocycles. The van der Waals surface area contributed by atoms with Gasteiger partial charge >= 0.3 is 0 Å². The Labute approximate surface area is 269 Å². The number of ether oxygens (including phenoxy) is 2. The van der Waals surface area contributed by atoms with Gasteiger partial charge in [0.05, 0.1) is 16.8 Å². The standard InChI is InChI=1S/C37H31N5O3S/c1-3-20-44-31-17-14-27(15-18-31)35-38-37-42(40-35)36(43)33(46-37)22-29-23-41(30-12-8-5-9-13-30)39-34(29)28-16-19-32(25(2)21-28)45-24-26-10-6-4-7-11-26/h4-19,21-23H,3,20,24H2,1-2H3. The smallest absolute Gasteiger partial charge is 0.291 e. The SMILES string of the molecule is CCCOc1ccc(-c2nc3sc(=Cc4cn(-c5ccccc5)nc4-c4ccc(OCc5ccccc5)c(C)c4)c(=O)n3n2)cc1. The van der Waals surface area contributed by atoms with Crippen LogP contribution in [0.25, 0.3) is 39.4 Å². The van der Waals surface area contributed by atoms with Gasteiger partial charge in [-0.25, -0.2) is 4.68 Å². The van der Waals surface area contributed by atoms with E-state index in [0.29, 0.717) is 28.5 Å². The van der Waals surface area contributed by atoms with Crippen LogP contribution in [0.15, 0.2) is 114 Å². The van der Waals surface area contributed by atoms with Crippen molar-refractivity contribution in [3.8, 4) is 39.8 Å². The molecule has 0 aliphatic carbocycles. The monoisotopic (exact) mass is 625 g/mol. The molecule has 3 heterocycles. The van der Waals surface area contributed by atoms with Crippen LogP contribution in [0.4, 0.5) is 0 Å². The normalized spacial score (nSPS) is 11.7. The number of thiazole rings is 1. The van der Waals surface area contributed by atoms with Gasteiger partial charge in [0.25, 0.3) is 5.56 Å². The topological polar surface area (TPSA) is 83.5 Å². The summed E-state index contributed by atoms with van der Waals surface area (Å²) in [7, 11) is 0. The minimum absolute atomic E-state index is 0.221. The Hall–Kier alpha value is -5.54. The number of nitrogens with zero attached hydrogens (tertiary/aromatic N) is 5. The third kappa shape index (κ3) is 6.05. The van der Waals surface area contributed by atoms with Crippen LogP contribution in [-0.4, -0.2) is 31.0 Å². The third-order valence-electron chi connectivity index (χ3n) is 7.50. The molecule has 0 radical (unpaired) electrons. The molecule has 0 fully saturated rings. The van der Waals surface area contributed by atoms with Gasteiger partial charge in [0.2, 0.25) is 4.96 Å². The predicted octanol–water partition coefficient (Wildman–Crippen LogP) is 6.89. The number of aromatic nitrogens is 5. The third-order valence-corrected chi connectivity index (χ3v) is 8.46. The van der Waals surface area contributed by atoms with Gasteiger partial charge < -0.3 is 9.47 Å². The highest BCUT2D eigenvalue weighted by Crippen LogP contribution is 2.30. The van der Waals surface area contributed by atoms with Crippen LogP contribution in [0.2, 0.25) is 0 Å². The maximum absolute atomic E-state index is 13.5. The van der Waals surface area contributed by atoms with E-state index < -0.39 is 0 Å². The molecule has 0 saturated heterocycles. The Morgan fingerprint density at radius 1 is 0.848 bits per heavy atom. The largest absolute Gasteiger partial charge is 0.494 e. The summed E-state index contributed by atoms with van der Waals surface area (Å²) >= 11 is 1.31. The first kappa shape index (κ1) is 29.2. The van der Waals surface area contributed by atoms with Crippen LogP contribution < -0.4 is 19.6 Å². The lowest BCUT2D eigenvalue weighted by molar-refractivity contribution is 0.304. The van der Waals surface area contributed by atoms with Crippen LogP contribution in [0, 0.1) is 6.92 Å². The molecule has 8 nitrogen and oxygen atoms in total. The maximum Gasteiger partial charge on any atom is 0.291 e.